The van der Waals surface area contributed by atoms with E-state index in [-0.39, 0.29) is 12.4 Å². The molecule has 10 heteroatoms. The predicted octanol–water partition coefficient (Wildman–Crippen LogP) is -1.44. The van der Waals surface area contributed by atoms with Crippen molar-refractivity contribution in [1.82, 2.24) is 10.6 Å². The second kappa shape index (κ2) is 10.7. The fourth-order valence-corrected chi connectivity index (χ4v) is 3.09. The van der Waals surface area contributed by atoms with E-state index in [2.05, 4.69) is 23.3 Å². The van der Waals surface area contributed by atoms with Crippen LogP contribution in [0.25, 0.3) is 0 Å². The highest BCUT2D eigenvalue weighted by atomic mass is 32.1. The molecule has 1 aliphatic rings. The summed E-state index contributed by atoms with van der Waals surface area (Å²) in [5, 5.41) is 35.0. The highest BCUT2D eigenvalue weighted by Gasteiger charge is 2.46. The normalized spacial score (nSPS) is 28.4. The lowest BCUT2D eigenvalue weighted by Gasteiger charge is -2.42. The number of ether oxygens (including phenoxy) is 2. The number of amides is 2. The summed E-state index contributed by atoms with van der Waals surface area (Å²) in [5.74, 6) is -0.986. The average molecular weight is 414 g/mol. The Labute approximate surface area is 168 Å². The van der Waals surface area contributed by atoms with Gasteiger partial charge in [-0.1, -0.05) is 30.3 Å². The molecule has 1 fully saturated rings. The lowest BCUT2D eigenvalue weighted by atomic mass is 9.96. The summed E-state index contributed by atoms with van der Waals surface area (Å²) >= 11 is 4.05. The molecule has 0 radical (unpaired) electrons. The largest absolute Gasteiger partial charge is 0.394 e. The van der Waals surface area contributed by atoms with Crippen LogP contribution in [0.15, 0.2) is 30.3 Å². The van der Waals surface area contributed by atoms with Crippen molar-refractivity contribution in [2.45, 2.75) is 50.2 Å². The van der Waals surface area contributed by atoms with E-state index in [1.54, 1.807) is 0 Å². The molecule has 1 aliphatic heterocycles. The Bertz CT molecular complexity index is 648. The van der Waals surface area contributed by atoms with Crippen LogP contribution in [0, 0.1) is 0 Å². The van der Waals surface area contributed by atoms with E-state index in [4.69, 9.17) is 9.47 Å². The van der Waals surface area contributed by atoms with E-state index < -0.39 is 55.1 Å². The first-order valence-electron chi connectivity index (χ1n) is 8.83. The van der Waals surface area contributed by atoms with Gasteiger partial charge >= 0.3 is 0 Å². The number of aliphatic hydroxyl groups is 3. The average Bonchev–Trinajstić information content (AvgIpc) is 2.69. The summed E-state index contributed by atoms with van der Waals surface area (Å²) in [7, 11) is 0. The Morgan fingerprint density at radius 2 is 1.93 bits per heavy atom. The predicted molar refractivity (Wildman–Crippen MR) is 102 cm³/mol. The van der Waals surface area contributed by atoms with Crippen molar-refractivity contribution in [1.29, 1.82) is 0 Å². The van der Waals surface area contributed by atoms with Crippen LogP contribution in [-0.2, 0) is 25.7 Å². The zero-order chi connectivity index (χ0) is 20.7. The Morgan fingerprint density at radius 1 is 1.25 bits per heavy atom. The molecule has 0 unspecified atom stereocenters. The van der Waals surface area contributed by atoms with Crippen molar-refractivity contribution >= 4 is 24.4 Å². The van der Waals surface area contributed by atoms with Crippen LogP contribution in [0.2, 0.25) is 0 Å². The number of benzene rings is 1. The minimum Gasteiger partial charge on any atom is -0.394 e. The van der Waals surface area contributed by atoms with Gasteiger partial charge in [-0.3, -0.25) is 9.59 Å². The topological polar surface area (TPSA) is 137 Å². The zero-order valence-corrected chi connectivity index (χ0v) is 16.3. The van der Waals surface area contributed by atoms with E-state index in [9.17, 15) is 24.9 Å². The first-order chi connectivity index (χ1) is 13.4. The third-order valence-corrected chi connectivity index (χ3v) is 4.69. The summed E-state index contributed by atoms with van der Waals surface area (Å²) in [4.78, 5) is 23.7. The van der Waals surface area contributed by atoms with Crippen LogP contribution in [0.4, 0.5) is 0 Å². The van der Waals surface area contributed by atoms with Crippen molar-refractivity contribution in [3.63, 3.8) is 0 Å². The van der Waals surface area contributed by atoms with Gasteiger partial charge in [0.15, 0.2) is 6.29 Å². The molecule has 0 aromatic heterocycles. The molecule has 0 saturated carbocycles. The highest BCUT2D eigenvalue weighted by molar-refractivity contribution is 7.80. The summed E-state index contributed by atoms with van der Waals surface area (Å²) in [5.41, 5.74) is 0.837. The van der Waals surface area contributed by atoms with Gasteiger partial charge in [-0.05, 0) is 5.56 Å². The van der Waals surface area contributed by atoms with Crippen LogP contribution in [0.3, 0.4) is 0 Å². The molecule has 1 aromatic carbocycles. The van der Waals surface area contributed by atoms with Crippen molar-refractivity contribution < 1.29 is 34.4 Å². The van der Waals surface area contributed by atoms with Crippen LogP contribution in [0.1, 0.15) is 12.5 Å². The third-order valence-electron chi connectivity index (χ3n) is 4.32. The van der Waals surface area contributed by atoms with E-state index in [0.29, 0.717) is 0 Å². The standard InChI is InChI=1S/C18H26N2O7S/c1-10(22)19-12(9-28)17(25)20-14-16(24)15(23)13(7-21)27-18(14)26-8-11-5-3-2-4-6-11/h2-6,12-16,18,21,23-24,28H,7-9H2,1H3,(H,19,22)(H,20,25)/t12-,13+,14+,15+,16+,18-/m0/s1. The smallest absolute Gasteiger partial charge is 0.243 e. The van der Waals surface area contributed by atoms with Crippen molar-refractivity contribution in [3.05, 3.63) is 35.9 Å². The van der Waals surface area contributed by atoms with Gasteiger partial charge in [0.1, 0.15) is 30.4 Å². The van der Waals surface area contributed by atoms with Gasteiger partial charge in [-0.25, -0.2) is 0 Å². The second-order valence-corrected chi connectivity index (χ2v) is 6.84. The minimum absolute atomic E-state index is 0.0342. The fourth-order valence-electron chi connectivity index (χ4n) is 2.84. The number of hydrogen-bond acceptors (Lipinski definition) is 8. The summed E-state index contributed by atoms with van der Waals surface area (Å²) < 4.78 is 11.2. The van der Waals surface area contributed by atoms with E-state index >= 15 is 0 Å². The SMILES string of the molecule is CC(=O)N[C@@H](CS)C(=O)N[C@H]1[C@@H](OCc2ccccc2)O[C@H](CO)[C@@H](O)[C@@H]1O. The number of nitrogens with one attached hydrogen (secondary N) is 2. The molecule has 1 aromatic rings. The lowest BCUT2D eigenvalue weighted by molar-refractivity contribution is -0.273. The van der Waals surface area contributed by atoms with Gasteiger partial charge in [-0.15, -0.1) is 0 Å². The van der Waals surface area contributed by atoms with Crippen molar-refractivity contribution in [2.75, 3.05) is 12.4 Å². The number of carbonyl (C=O) groups is 2. The van der Waals surface area contributed by atoms with Crippen molar-refractivity contribution in [3.8, 4) is 0 Å². The molecule has 2 rings (SSSR count). The molecule has 28 heavy (non-hydrogen) atoms. The zero-order valence-electron chi connectivity index (χ0n) is 15.4. The molecule has 0 aliphatic carbocycles. The summed E-state index contributed by atoms with van der Waals surface area (Å²) in [6.07, 6.45) is -5.08. The quantitative estimate of drug-likeness (QED) is 0.287. The van der Waals surface area contributed by atoms with Gasteiger partial charge in [0.25, 0.3) is 0 Å². The number of rotatable bonds is 8. The maximum Gasteiger partial charge on any atom is 0.243 e. The molecule has 6 atom stereocenters. The number of hydrogen-bond donors (Lipinski definition) is 6. The molecule has 156 valence electrons. The Morgan fingerprint density at radius 3 is 2.50 bits per heavy atom. The van der Waals surface area contributed by atoms with Crippen LogP contribution in [0.5, 0.6) is 0 Å². The van der Waals surface area contributed by atoms with E-state index in [1.807, 2.05) is 30.3 Å². The van der Waals surface area contributed by atoms with E-state index in [0.717, 1.165) is 5.56 Å². The van der Waals surface area contributed by atoms with Crippen LogP contribution >= 0.6 is 12.6 Å². The van der Waals surface area contributed by atoms with Gasteiger partial charge in [-0.2, -0.15) is 12.6 Å². The van der Waals surface area contributed by atoms with E-state index in [1.165, 1.54) is 6.92 Å². The van der Waals surface area contributed by atoms with Gasteiger partial charge in [0, 0.05) is 12.7 Å². The molecular weight excluding hydrogens is 388 g/mol. The molecule has 0 spiro atoms. The number of thiol groups is 1. The highest BCUT2D eigenvalue weighted by Crippen LogP contribution is 2.23. The van der Waals surface area contributed by atoms with Gasteiger partial charge in [0.2, 0.25) is 11.8 Å². The molecule has 5 N–H and O–H groups in total. The monoisotopic (exact) mass is 414 g/mol. The maximum atomic E-state index is 12.5. The maximum absolute atomic E-state index is 12.5. The number of aliphatic hydroxyl groups excluding tert-OH is 3. The fraction of sp³-hybridized carbons (Fsp3) is 0.556. The molecule has 1 saturated heterocycles. The molecular formula is C18H26N2O7S. The number of carbonyl (C=O) groups excluding carboxylic acids is 2. The first-order valence-corrected chi connectivity index (χ1v) is 9.47. The van der Waals surface area contributed by atoms with Gasteiger partial charge < -0.3 is 35.4 Å². The molecule has 1 heterocycles. The summed E-state index contributed by atoms with van der Waals surface area (Å²) in [6.45, 7) is 0.861. The Balaban J connectivity index is 2.12. The summed E-state index contributed by atoms with van der Waals surface area (Å²) in [6, 6.07) is 7.13. The second-order valence-electron chi connectivity index (χ2n) is 6.47. The third kappa shape index (κ3) is 5.90. The molecule has 0 bridgehead atoms. The Kier molecular flexibility index (Phi) is 8.67. The molecule has 2 amide bonds. The van der Waals surface area contributed by atoms with Crippen LogP contribution < -0.4 is 10.6 Å². The minimum atomic E-state index is -1.45. The Hall–Kier alpha value is -1.69. The van der Waals surface area contributed by atoms with Gasteiger partial charge in [0.05, 0.1) is 13.2 Å². The first kappa shape index (κ1) is 22.6. The van der Waals surface area contributed by atoms with Crippen LogP contribution in [-0.4, -0.2) is 76.2 Å². The lowest BCUT2D eigenvalue weighted by Crippen LogP contribution is -2.66. The molecule has 9 nitrogen and oxygen atoms in total. The van der Waals surface area contributed by atoms with Crippen molar-refractivity contribution in [2.24, 2.45) is 0 Å².